The summed E-state index contributed by atoms with van der Waals surface area (Å²) in [6, 6.07) is 5.57. The lowest BCUT2D eigenvalue weighted by Crippen LogP contribution is -2.23. The summed E-state index contributed by atoms with van der Waals surface area (Å²) in [6.07, 6.45) is 0. The number of carbonyl (C=O) groups is 2. The van der Waals surface area contributed by atoms with E-state index >= 15 is 0 Å². The second-order valence-corrected chi connectivity index (χ2v) is 5.01. The Morgan fingerprint density at radius 3 is 2.47 bits per heavy atom. The molecule has 1 aromatic rings. The standard InChI is InChI=1S/C10H12N2O6S/c11-19(16,17)8-4-2-1-3-7(8)12-9(13)5-18-6-10(14)15/h1-4H,5-6H2,(H,12,13)(H,14,15)(H2,11,16,17). The molecule has 4 N–H and O–H groups in total. The van der Waals surface area contributed by atoms with Gasteiger partial charge in [0.25, 0.3) is 0 Å². The SMILES string of the molecule is NS(=O)(=O)c1ccccc1NC(=O)COCC(=O)O. The van der Waals surface area contributed by atoms with E-state index < -0.39 is 35.1 Å². The van der Waals surface area contributed by atoms with E-state index in [9.17, 15) is 18.0 Å². The molecule has 0 bridgehead atoms. The summed E-state index contributed by atoms with van der Waals surface area (Å²) in [5.74, 6) is -1.89. The second-order valence-electron chi connectivity index (χ2n) is 3.48. The number of carboxylic acid groups (broad SMARTS) is 1. The molecule has 0 unspecified atom stereocenters. The van der Waals surface area contributed by atoms with Gasteiger partial charge in [-0.25, -0.2) is 18.4 Å². The van der Waals surface area contributed by atoms with E-state index in [1.165, 1.54) is 24.3 Å². The summed E-state index contributed by atoms with van der Waals surface area (Å²) in [4.78, 5) is 21.3. The second kappa shape index (κ2) is 6.27. The van der Waals surface area contributed by atoms with Crippen LogP contribution < -0.4 is 10.5 Å². The van der Waals surface area contributed by atoms with E-state index in [4.69, 9.17) is 10.2 Å². The van der Waals surface area contributed by atoms with Crippen LogP contribution in [0.4, 0.5) is 5.69 Å². The molecule has 0 saturated heterocycles. The fraction of sp³-hybridized carbons (Fsp3) is 0.200. The Bertz CT molecular complexity index is 583. The number of hydrogen-bond acceptors (Lipinski definition) is 5. The van der Waals surface area contributed by atoms with Crippen molar-refractivity contribution in [2.75, 3.05) is 18.5 Å². The van der Waals surface area contributed by atoms with Crippen molar-refractivity contribution in [2.24, 2.45) is 5.14 Å². The summed E-state index contributed by atoms with van der Waals surface area (Å²) in [5.41, 5.74) is 0.00826. The van der Waals surface area contributed by atoms with Gasteiger partial charge < -0.3 is 15.2 Å². The first-order valence-corrected chi connectivity index (χ1v) is 6.56. The molecule has 1 rings (SSSR count). The fourth-order valence-electron chi connectivity index (χ4n) is 1.24. The molecule has 0 heterocycles. The first kappa shape index (κ1) is 15.1. The van der Waals surface area contributed by atoms with Crippen LogP contribution >= 0.6 is 0 Å². The van der Waals surface area contributed by atoms with E-state index in [1.54, 1.807) is 0 Å². The van der Waals surface area contributed by atoms with Crippen molar-refractivity contribution in [3.05, 3.63) is 24.3 Å². The Balaban J connectivity index is 2.72. The number of sulfonamides is 1. The molecule has 0 aliphatic rings. The highest BCUT2D eigenvalue weighted by Gasteiger charge is 2.15. The molecule has 9 heteroatoms. The zero-order valence-electron chi connectivity index (χ0n) is 9.70. The maximum absolute atomic E-state index is 11.4. The average molecular weight is 288 g/mol. The van der Waals surface area contributed by atoms with Crippen molar-refractivity contribution in [2.45, 2.75) is 4.90 Å². The average Bonchev–Trinajstić information content (AvgIpc) is 2.27. The molecule has 1 aromatic carbocycles. The highest BCUT2D eigenvalue weighted by atomic mass is 32.2. The number of para-hydroxylation sites is 1. The van der Waals surface area contributed by atoms with Gasteiger partial charge in [0.05, 0.1) is 5.69 Å². The van der Waals surface area contributed by atoms with Crippen LogP contribution in [0.2, 0.25) is 0 Å². The zero-order valence-corrected chi connectivity index (χ0v) is 10.5. The van der Waals surface area contributed by atoms with Gasteiger partial charge in [-0.3, -0.25) is 4.79 Å². The first-order valence-electron chi connectivity index (χ1n) is 5.02. The maximum atomic E-state index is 11.4. The number of nitrogens with two attached hydrogens (primary N) is 1. The normalized spacial score (nSPS) is 11.0. The molecule has 0 aliphatic heterocycles. The summed E-state index contributed by atoms with van der Waals surface area (Å²) in [5, 5.41) is 15.6. The van der Waals surface area contributed by atoms with Crippen LogP contribution in [0.1, 0.15) is 0 Å². The van der Waals surface area contributed by atoms with Gasteiger partial charge >= 0.3 is 5.97 Å². The van der Waals surface area contributed by atoms with Crippen LogP contribution in [0.25, 0.3) is 0 Å². The van der Waals surface area contributed by atoms with Crippen molar-refractivity contribution in [3.63, 3.8) is 0 Å². The minimum Gasteiger partial charge on any atom is -0.480 e. The number of amides is 1. The number of carbonyl (C=O) groups excluding carboxylic acids is 1. The van der Waals surface area contributed by atoms with Crippen LogP contribution in [0.15, 0.2) is 29.2 Å². The quantitative estimate of drug-likeness (QED) is 0.638. The number of carboxylic acids is 1. The number of primary sulfonamides is 1. The number of nitrogens with one attached hydrogen (secondary N) is 1. The molecular weight excluding hydrogens is 276 g/mol. The van der Waals surface area contributed by atoms with E-state index in [1.807, 2.05) is 0 Å². The number of aliphatic carboxylic acids is 1. The predicted octanol–water partition coefficient (Wildman–Crippen LogP) is -0.626. The molecule has 19 heavy (non-hydrogen) atoms. The Labute approximate surface area is 109 Å². The van der Waals surface area contributed by atoms with E-state index in [2.05, 4.69) is 10.1 Å². The lowest BCUT2D eigenvalue weighted by molar-refractivity contribution is -0.143. The highest BCUT2D eigenvalue weighted by molar-refractivity contribution is 7.89. The number of hydrogen-bond donors (Lipinski definition) is 3. The van der Waals surface area contributed by atoms with Crippen molar-refractivity contribution >= 4 is 27.6 Å². The van der Waals surface area contributed by atoms with E-state index in [0.29, 0.717) is 0 Å². The lowest BCUT2D eigenvalue weighted by atomic mass is 10.3. The van der Waals surface area contributed by atoms with Crippen molar-refractivity contribution in [1.29, 1.82) is 0 Å². The molecule has 0 atom stereocenters. The fourth-order valence-corrected chi connectivity index (χ4v) is 1.93. The van der Waals surface area contributed by atoms with Crippen LogP contribution in [-0.2, 0) is 24.3 Å². The van der Waals surface area contributed by atoms with Crippen molar-refractivity contribution < 1.29 is 27.9 Å². The third kappa shape index (κ3) is 5.04. The molecule has 0 fully saturated rings. The number of ether oxygens (including phenoxy) is 1. The van der Waals surface area contributed by atoms with Crippen LogP contribution in [0, 0.1) is 0 Å². The van der Waals surface area contributed by atoms with E-state index in [-0.39, 0.29) is 10.6 Å². The largest absolute Gasteiger partial charge is 0.480 e. The molecule has 0 radical (unpaired) electrons. The highest BCUT2D eigenvalue weighted by Crippen LogP contribution is 2.18. The summed E-state index contributed by atoms with van der Waals surface area (Å²) >= 11 is 0. The molecule has 0 spiro atoms. The van der Waals surface area contributed by atoms with Gasteiger partial charge in [0, 0.05) is 0 Å². The minimum atomic E-state index is -3.96. The Hall–Kier alpha value is -1.97. The van der Waals surface area contributed by atoms with Gasteiger partial charge in [-0.1, -0.05) is 12.1 Å². The van der Waals surface area contributed by atoms with Gasteiger partial charge in [-0.2, -0.15) is 0 Å². The number of anilines is 1. The predicted molar refractivity (Wildman–Crippen MR) is 64.9 cm³/mol. The third-order valence-corrected chi connectivity index (χ3v) is 2.90. The molecule has 1 amide bonds. The zero-order chi connectivity index (χ0) is 14.5. The van der Waals surface area contributed by atoms with Crippen molar-refractivity contribution in [1.82, 2.24) is 0 Å². The topological polar surface area (TPSA) is 136 Å². The van der Waals surface area contributed by atoms with Gasteiger partial charge in [-0.15, -0.1) is 0 Å². The molecule has 0 saturated carbocycles. The summed E-state index contributed by atoms with van der Waals surface area (Å²) < 4.78 is 27.1. The molecule has 0 aliphatic carbocycles. The lowest BCUT2D eigenvalue weighted by Gasteiger charge is -2.09. The molecular formula is C10H12N2O6S. The van der Waals surface area contributed by atoms with Gasteiger partial charge in [0.1, 0.15) is 18.1 Å². The molecule has 0 aromatic heterocycles. The van der Waals surface area contributed by atoms with Crippen LogP contribution in [-0.4, -0.2) is 38.6 Å². The summed E-state index contributed by atoms with van der Waals surface area (Å²) in [7, 11) is -3.96. The summed E-state index contributed by atoms with van der Waals surface area (Å²) in [6.45, 7) is -1.13. The van der Waals surface area contributed by atoms with Gasteiger partial charge in [0.2, 0.25) is 15.9 Å². The Morgan fingerprint density at radius 2 is 1.89 bits per heavy atom. The minimum absolute atomic E-state index is 0.00826. The molecule has 8 nitrogen and oxygen atoms in total. The van der Waals surface area contributed by atoms with Gasteiger partial charge in [-0.05, 0) is 12.1 Å². The van der Waals surface area contributed by atoms with Gasteiger partial charge in [0.15, 0.2) is 0 Å². The number of benzene rings is 1. The Morgan fingerprint density at radius 1 is 1.26 bits per heavy atom. The van der Waals surface area contributed by atoms with Crippen LogP contribution in [0.3, 0.4) is 0 Å². The maximum Gasteiger partial charge on any atom is 0.329 e. The van der Waals surface area contributed by atoms with Crippen molar-refractivity contribution in [3.8, 4) is 0 Å². The molecule has 104 valence electrons. The van der Waals surface area contributed by atoms with Crippen LogP contribution in [0.5, 0.6) is 0 Å². The number of rotatable bonds is 6. The van der Waals surface area contributed by atoms with E-state index in [0.717, 1.165) is 0 Å². The monoisotopic (exact) mass is 288 g/mol. The third-order valence-electron chi connectivity index (χ3n) is 1.93. The Kier molecular flexibility index (Phi) is 4.98. The smallest absolute Gasteiger partial charge is 0.329 e. The first-order chi connectivity index (χ1) is 8.80.